The van der Waals surface area contributed by atoms with Crippen LogP contribution >= 0.6 is 0 Å². The smallest absolute Gasteiger partial charge is 0.239 e. The molecule has 0 spiro atoms. The lowest BCUT2D eigenvalue weighted by molar-refractivity contribution is -0.118. The number of benzene rings is 1. The fraction of sp³-hybridized carbons (Fsp3) is 0.300. The maximum absolute atomic E-state index is 11.0. The molecule has 0 unspecified atom stereocenters. The van der Waals surface area contributed by atoms with Crippen LogP contribution in [0.15, 0.2) is 18.2 Å². The molecule has 4 nitrogen and oxygen atoms in total. The maximum atomic E-state index is 11.0. The molecule has 1 aromatic rings. The zero-order valence-corrected chi connectivity index (χ0v) is 8.42. The number of hydrogen-bond acceptors (Lipinski definition) is 3. The van der Waals surface area contributed by atoms with E-state index in [-0.39, 0.29) is 12.5 Å². The molecule has 0 aromatic heterocycles. The molecule has 0 heterocycles. The number of nitrogen functional groups attached to an aromatic ring is 1. The first-order valence-electron chi connectivity index (χ1n) is 4.44. The van der Waals surface area contributed by atoms with Gasteiger partial charge in [-0.05, 0) is 18.6 Å². The van der Waals surface area contributed by atoms with Crippen molar-refractivity contribution in [1.29, 1.82) is 0 Å². The van der Waals surface area contributed by atoms with Crippen LogP contribution in [0.25, 0.3) is 0 Å². The van der Waals surface area contributed by atoms with Crippen molar-refractivity contribution in [3.05, 3.63) is 23.8 Å². The van der Waals surface area contributed by atoms with Gasteiger partial charge in [-0.15, -0.1) is 0 Å². The topological polar surface area (TPSA) is 67.2 Å². The van der Waals surface area contributed by atoms with Gasteiger partial charge in [-0.3, -0.25) is 4.79 Å². The summed E-state index contributed by atoms with van der Waals surface area (Å²) in [6.45, 7) is 2.17. The zero-order valence-electron chi connectivity index (χ0n) is 8.42. The lowest BCUT2D eigenvalue weighted by Gasteiger charge is -2.09. The van der Waals surface area contributed by atoms with Crippen LogP contribution in [0.1, 0.15) is 5.56 Å². The fourth-order valence-corrected chi connectivity index (χ4v) is 1.10. The van der Waals surface area contributed by atoms with Crippen LogP contribution in [-0.4, -0.2) is 19.5 Å². The highest BCUT2D eigenvalue weighted by atomic mass is 16.1. The van der Waals surface area contributed by atoms with Gasteiger partial charge in [0, 0.05) is 7.05 Å². The Bertz CT molecular complexity index is 336. The van der Waals surface area contributed by atoms with Gasteiger partial charge in [-0.2, -0.15) is 0 Å². The molecule has 4 heteroatoms. The van der Waals surface area contributed by atoms with Crippen molar-refractivity contribution in [2.75, 3.05) is 24.6 Å². The lowest BCUT2D eigenvalue weighted by atomic mass is 10.2. The first-order valence-corrected chi connectivity index (χ1v) is 4.44. The zero-order chi connectivity index (χ0) is 10.6. The van der Waals surface area contributed by atoms with Gasteiger partial charge in [0.2, 0.25) is 5.91 Å². The minimum absolute atomic E-state index is 0.0640. The van der Waals surface area contributed by atoms with Gasteiger partial charge in [-0.1, -0.05) is 12.1 Å². The molecule has 0 atom stereocenters. The second-order valence-electron chi connectivity index (χ2n) is 3.06. The van der Waals surface area contributed by atoms with Crippen LogP contribution in [0, 0.1) is 6.92 Å². The van der Waals surface area contributed by atoms with Crippen LogP contribution in [0.3, 0.4) is 0 Å². The van der Waals surface area contributed by atoms with Gasteiger partial charge in [0.15, 0.2) is 0 Å². The summed E-state index contributed by atoms with van der Waals surface area (Å²) in [7, 11) is 1.60. The quantitative estimate of drug-likeness (QED) is 0.620. The third-order valence-electron chi connectivity index (χ3n) is 2.04. The summed E-state index contributed by atoms with van der Waals surface area (Å²) < 4.78 is 0. The summed E-state index contributed by atoms with van der Waals surface area (Å²) in [5, 5.41) is 5.49. The molecule has 0 radical (unpaired) electrons. The Labute approximate surface area is 83.5 Å². The Hall–Kier alpha value is -1.71. The predicted octanol–water partition coefficient (Wildman–Crippen LogP) is 0.735. The van der Waals surface area contributed by atoms with Crippen molar-refractivity contribution in [1.82, 2.24) is 5.32 Å². The monoisotopic (exact) mass is 193 g/mol. The normalized spacial score (nSPS) is 9.57. The van der Waals surface area contributed by atoms with E-state index in [2.05, 4.69) is 10.6 Å². The number of amides is 1. The first kappa shape index (κ1) is 10.4. The Morgan fingerprint density at radius 1 is 1.50 bits per heavy atom. The molecule has 1 rings (SSSR count). The third kappa shape index (κ3) is 2.39. The fourth-order valence-electron chi connectivity index (χ4n) is 1.10. The summed E-state index contributed by atoms with van der Waals surface area (Å²) >= 11 is 0. The van der Waals surface area contributed by atoms with E-state index >= 15 is 0 Å². The number of carbonyl (C=O) groups is 1. The number of likely N-dealkylation sites (N-methyl/N-ethyl adjacent to an activating group) is 1. The van der Waals surface area contributed by atoms with Crippen LogP contribution in [0.4, 0.5) is 11.4 Å². The molecule has 0 aliphatic heterocycles. The molecular weight excluding hydrogens is 178 g/mol. The molecule has 76 valence electrons. The lowest BCUT2D eigenvalue weighted by Crippen LogP contribution is -2.26. The second kappa shape index (κ2) is 4.50. The second-order valence-corrected chi connectivity index (χ2v) is 3.06. The van der Waals surface area contributed by atoms with Crippen molar-refractivity contribution in [2.45, 2.75) is 6.92 Å². The summed E-state index contributed by atoms with van der Waals surface area (Å²) in [4.78, 5) is 11.0. The summed E-state index contributed by atoms with van der Waals surface area (Å²) in [5.74, 6) is -0.0640. The molecule has 0 saturated heterocycles. The molecule has 0 saturated carbocycles. The van der Waals surface area contributed by atoms with Gasteiger partial charge in [-0.25, -0.2) is 0 Å². The van der Waals surface area contributed by atoms with Crippen molar-refractivity contribution >= 4 is 17.3 Å². The first-order chi connectivity index (χ1) is 6.65. The van der Waals surface area contributed by atoms with Gasteiger partial charge in [0.1, 0.15) is 0 Å². The van der Waals surface area contributed by atoms with Gasteiger partial charge in [0.25, 0.3) is 0 Å². The number of nitrogens with two attached hydrogens (primary N) is 1. The molecule has 0 bridgehead atoms. The van der Waals surface area contributed by atoms with Gasteiger partial charge < -0.3 is 16.4 Å². The molecule has 14 heavy (non-hydrogen) atoms. The summed E-state index contributed by atoms with van der Waals surface area (Å²) in [6, 6.07) is 5.68. The Morgan fingerprint density at radius 2 is 2.21 bits per heavy atom. The van der Waals surface area contributed by atoms with Crippen molar-refractivity contribution in [2.24, 2.45) is 0 Å². The molecule has 1 amide bonds. The van der Waals surface area contributed by atoms with E-state index in [1.807, 2.05) is 25.1 Å². The van der Waals surface area contributed by atoms with Crippen molar-refractivity contribution < 1.29 is 4.79 Å². The Morgan fingerprint density at radius 3 is 2.86 bits per heavy atom. The number of aryl methyl sites for hydroxylation is 1. The van der Waals surface area contributed by atoms with E-state index in [4.69, 9.17) is 5.73 Å². The molecule has 0 fully saturated rings. The number of anilines is 2. The average Bonchev–Trinajstić information content (AvgIpc) is 2.20. The van der Waals surface area contributed by atoms with E-state index in [1.54, 1.807) is 7.05 Å². The number of nitrogens with one attached hydrogen (secondary N) is 2. The number of hydrogen-bond donors (Lipinski definition) is 3. The number of rotatable bonds is 3. The van der Waals surface area contributed by atoms with Crippen molar-refractivity contribution in [3.8, 4) is 0 Å². The van der Waals surface area contributed by atoms with E-state index in [0.29, 0.717) is 5.69 Å². The SMILES string of the molecule is CNC(=O)CNc1cccc(C)c1N. The minimum atomic E-state index is -0.0640. The van der Waals surface area contributed by atoms with Crippen LogP contribution in [-0.2, 0) is 4.79 Å². The van der Waals surface area contributed by atoms with E-state index < -0.39 is 0 Å². The molecular formula is C10H15N3O. The van der Waals surface area contributed by atoms with E-state index in [0.717, 1.165) is 11.3 Å². The van der Waals surface area contributed by atoms with Crippen LogP contribution in [0.2, 0.25) is 0 Å². The third-order valence-corrected chi connectivity index (χ3v) is 2.04. The van der Waals surface area contributed by atoms with Crippen LogP contribution < -0.4 is 16.4 Å². The highest BCUT2D eigenvalue weighted by Gasteiger charge is 2.02. The van der Waals surface area contributed by atoms with Gasteiger partial charge >= 0.3 is 0 Å². The van der Waals surface area contributed by atoms with E-state index in [1.165, 1.54) is 0 Å². The Kier molecular flexibility index (Phi) is 3.34. The highest BCUT2D eigenvalue weighted by molar-refractivity contribution is 5.82. The minimum Gasteiger partial charge on any atom is -0.397 e. The molecule has 0 aliphatic carbocycles. The molecule has 0 aliphatic rings. The molecule has 4 N–H and O–H groups in total. The maximum Gasteiger partial charge on any atom is 0.239 e. The highest BCUT2D eigenvalue weighted by Crippen LogP contribution is 2.21. The van der Waals surface area contributed by atoms with Crippen molar-refractivity contribution in [3.63, 3.8) is 0 Å². The Balaban J connectivity index is 2.68. The summed E-state index contributed by atoms with van der Waals surface area (Å²) in [5.41, 5.74) is 8.31. The predicted molar refractivity (Wildman–Crippen MR) is 58.1 cm³/mol. The summed E-state index contributed by atoms with van der Waals surface area (Å²) in [6.07, 6.45) is 0. The number of para-hydroxylation sites is 1. The van der Waals surface area contributed by atoms with Crippen LogP contribution in [0.5, 0.6) is 0 Å². The largest absolute Gasteiger partial charge is 0.397 e. The average molecular weight is 193 g/mol. The van der Waals surface area contributed by atoms with Gasteiger partial charge in [0.05, 0.1) is 17.9 Å². The standard InChI is InChI=1S/C10H15N3O/c1-7-4-3-5-8(10(7)11)13-6-9(14)12-2/h3-5,13H,6,11H2,1-2H3,(H,12,14). The molecule has 1 aromatic carbocycles. The number of carbonyl (C=O) groups excluding carboxylic acids is 1. The van der Waals surface area contributed by atoms with E-state index in [9.17, 15) is 4.79 Å².